The van der Waals surface area contributed by atoms with E-state index < -0.39 is 0 Å². The van der Waals surface area contributed by atoms with Crippen LogP contribution in [0.3, 0.4) is 0 Å². The van der Waals surface area contributed by atoms with E-state index in [1.165, 1.54) is 0 Å². The Morgan fingerprint density at radius 1 is 1.50 bits per heavy atom. The van der Waals surface area contributed by atoms with E-state index in [-0.39, 0.29) is 11.6 Å². The second kappa shape index (κ2) is 4.91. The van der Waals surface area contributed by atoms with Crippen molar-refractivity contribution in [2.24, 2.45) is 0 Å². The summed E-state index contributed by atoms with van der Waals surface area (Å²) in [5.74, 6) is -0.278. The van der Waals surface area contributed by atoms with E-state index >= 15 is 0 Å². The Kier molecular flexibility index (Phi) is 3.33. The lowest BCUT2D eigenvalue weighted by Crippen LogP contribution is -2.48. The first kappa shape index (κ1) is 10.8. The number of rotatable bonds is 2. The van der Waals surface area contributed by atoms with Crippen LogP contribution in [-0.4, -0.2) is 42.2 Å². The summed E-state index contributed by atoms with van der Waals surface area (Å²) in [5, 5.41) is 1.81. The molecule has 16 heavy (non-hydrogen) atoms. The minimum atomic E-state index is -0.278. The predicted octanol–water partition coefficient (Wildman–Crippen LogP) is -0.359. The smallest absolute Gasteiger partial charge is 0.286 e. The van der Waals surface area contributed by atoms with Crippen LogP contribution in [0.25, 0.3) is 0 Å². The lowest BCUT2D eigenvalue weighted by Gasteiger charge is -2.26. The lowest BCUT2D eigenvalue weighted by molar-refractivity contribution is 0.0125. The van der Waals surface area contributed by atoms with Gasteiger partial charge in [0.25, 0.3) is 5.91 Å². The molecular weight excluding hydrogens is 208 g/mol. The number of nitrogens with one attached hydrogen (secondary N) is 1. The molecule has 2 heterocycles. The van der Waals surface area contributed by atoms with Crippen LogP contribution in [0.4, 0.5) is 5.69 Å². The molecule has 0 aromatic carbocycles. The maximum atomic E-state index is 11.8. The van der Waals surface area contributed by atoms with Gasteiger partial charge in [0, 0.05) is 19.3 Å². The molecule has 0 radical (unpaired) electrons. The highest BCUT2D eigenvalue weighted by molar-refractivity contribution is 5.96. The van der Waals surface area contributed by atoms with Gasteiger partial charge in [-0.05, 0) is 12.1 Å². The largest absolute Gasteiger partial charge is 0.397 e. The van der Waals surface area contributed by atoms with Crippen molar-refractivity contribution < 1.29 is 9.53 Å². The number of nitrogens with two attached hydrogens (primary N) is 1. The number of pyridine rings is 1. The molecule has 1 fully saturated rings. The Bertz CT molecular complexity index is 377. The van der Waals surface area contributed by atoms with Gasteiger partial charge in [0.1, 0.15) is 0 Å². The molecule has 0 unspecified atom stereocenters. The summed E-state index contributed by atoms with van der Waals surface area (Å²) in [6.45, 7) is 2.60. The van der Waals surface area contributed by atoms with Gasteiger partial charge in [-0.1, -0.05) is 0 Å². The zero-order valence-corrected chi connectivity index (χ0v) is 8.85. The van der Waals surface area contributed by atoms with E-state index in [0.717, 1.165) is 0 Å². The van der Waals surface area contributed by atoms with Gasteiger partial charge in [-0.3, -0.25) is 10.2 Å². The molecule has 86 valence electrons. The van der Waals surface area contributed by atoms with Gasteiger partial charge >= 0.3 is 0 Å². The van der Waals surface area contributed by atoms with E-state index in [0.29, 0.717) is 32.0 Å². The molecule has 2 rings (SSSR count). The third-order valence-electron chi connectivity index (χ3n) is 2.32. The zero-order valence-electron chi connectivity index (χ0n) is 8.85. The first-order valence-electron chi connectivity index (χ1n) is 5.11. The van der Waals surface area contributed by atoms with Crippen LogP contribution in [0.2, 0.25) is 0 Å². The second-order valence-corrected chi connectivity index (χ2v) is 3.48. The van der Waals surface area contributed by atoms with Crippen LogP contribution in [-0.2, 0) is 4.74 Å². The van der Waals surface area contributed by atoms with Crippen molar-refractivity contribution in [3.8, 4) is 0 Å². The molecule has 6 heteroatoms. The fraction of sp³-hybridized carbons (Fsp3) is 0.400. The molecule has 1 aromatic rings. The normalized spacial score (nSPS) is 17.0. The molecule has 0 atom stereocenters. The molecule has 1 aliphatic rings. The van der Waals surface area contributed by atoms with Crippen molar-refractivity contribution in [2.45, 2.75) is 0 Å². The van der Waals surface area contributed by atoms with Crippen LogP contribution in [0.1, 0.15) is 10.5 Å². The minimum Gasteiger partial charge on any atom is -0.397 e. The number of morpholine rings is 1. The molecule has 1 amide bonds. The molecule has 1 aliphatic heterocycles. The summed E-state index contributed by atoms with van der Waals surface area (Å²) >= 11 is 0. The molecule has 0 aliphatic carbocycles. The molecule has 3 N–H and O–H groups in total. The number of hydrogen-bond acceptors (Lipinski definition) is 5. The van der Waals surface area contributed by atoms with Gasteiger partial charge in [0.05, 0.1) is 18.9 Å². The second-order valence-electron chi connectivity index (χ2n) is 3.48. The van der Waals surface area contributed by atoms with E-state index in [1.807, 2.05) is 0 Å². The molecule has 1 aromatic heterocycles. The van der Waals surface area contributed by atoms with Gasteiger partial charge in [0.2, 0.25) is 0 Å². The number of hydrazine groups is 1. The first-order valence-corrected chi connectivity index (χ1v) is 5.11. The van der Waals surface area contributed by atoms with Crippen molar-refractivity contribution in [1.82, 2.24) is 15.4 Å². The molecule has 6 nitrogen and oxygen atoms in total. The van der Waals surface area contributed by atoms with Crippen molar-refractivity contribution in [2.75, 3.05) is 32.0 Å². The van der Waals surface area contributed by atoms with E-state index in [1.54, 1.807) is 23.3 Å². The molecule has 0 saturated carbocycles. The quantitative estimate of drug-likeness (QED) is 0.714. The van der Waals surface area contributed by atoms with E-state index in [4.69, 9.17) is 10.5 Å². The molecule has 1 saturated heterocycles. The Labute approximate surface area is 93.4 Å². The number of anilines is 1. The highest BCUT2D eigenvalue weighted by atomic mass is 16.5. The Morgan fingerprint density at radius 2 is 2.25 bits per heavy atom. The van der Waals surface area contributed by atoms with Crippen LogP contribution in [0, 0.1) is 0 Å². The first-order chi connectivity index (χ1) is 7.77. The highest BCUT2D eigenvalue weighted by Gasteiger charge is 2.16. The average Bonchev–Trinajstić information content (AvgIpc) is 2.31. The topological polar surface area (TPSA) is 80.5 Å². The maximum Gasteiger partial charge on any atom is 0.286 e. The fourth-order valence-electron chi connectivity index (χ4n) is 1.48. The van der Waals surface area contributed by atoms with Gasteiger partial charge < -0.3 is 10.5 Å². The molecular formula is C10H14N4O2. The Hall–Kier alpha value is -1.66. The number of nitrogens with zero attached hydrogens (tertiary/aromatic N) is 2. The monoisotopic (exact) mass is 222 g/mol. The minimum absolute atomic E-state index is 0.258. The highest BCUT2D eigenvalue weighted by Crippen LogP contribution is 2.06. The fourth-order valence-corrected chi connectivity index (χ4v) is 1.48. The molecule has 0 spiro atoms. The Morgan fingerprint density at radius 3 is 2.94 bits per heavy atom. The zero-order chi connectivity index (χ0) is 11.4. The summed E-state index contributed by atoms with van der Waals surface area (Å²) in [6.07, 6.45) is 1.55. The van der Waals surface area contributed by atoms with Crippen molar-refractivity contribution in [3.05, 3.63) is 24.0 Å². The maximum absolute atomic E-state index is 11.8. The number of ether oxygens (including phenoxy) is 1. The van der Waals surface area contributed by atoms with Crippen LogP contribution < -0.4 is 11.2 Å². The number of hydrogen-bond donors (Lipinski definition) is 2. The van der Waals surface area contributed by atoms with Crippen LogP contribution in [0.15, 0.2) is 18.3 Å². The number of carbonyl (C=O) groups is 1. The number of nitrogen functional groups attached to an aromatic ring is 1. The SMILES string of the molecule is Nc1cccnc1C(=O)NN1CCOCC1. The van der Waals surface area contributed by atoms with Crippen LogP contribution >= 0.6 is 0 Å². The van der Waals surface area contributed by atoms with Crippen LogP contribution in [0.5, 0.6) is 0 Å². The number of amides is 1. The molecule has 0 bridgehead atoms. The third-order valence-corrected chi connectivity index (χ3v) is 2.32. The van der Waals surface area contributed by atoms with Gasteiger partial charge in [-0.15, -0.1) is 0 Å². The summed E-state index contributed by atoms with van der Waals surface area (Å²) in [4.78, 5) is 15.7. The van der Waals surface area contributed by atoms with Gasteiger partial charge in [0.15, 0.2) is 5.69 Å². The third kappa shape index (κ3) is 2.47. The number of aromatic nitrogens is 1. The average molecular weight is 222 g/mol. The van der Waals surface area contributed by atoms with Crippen molar-refractivity contribution in [3.63, 3.8) is 0 Å². The standard InChI is InChI=1S/C10H14N4O2/c11-8-2-1-3-12-9(8)10(15)13-14-4-6-16-7-5-14/h1-3H,4-7,11H2,(H,13,15). The Balaban J connectivity index is 2.00. The van der Waals surface area contributed by atoms with E-state index in [2.05, 4.69) is 10.4 Å². The summed E-state index contributed by atoms with van der Waals surface area (Å²) in [7, 11) is 0. The number of carbonyl (C=O) groups excluding carboxylic acids is 1. The predicted molar refractivity (Wildman–Crippen MR) is 58.5 cm³/mol. The van der Waals surface area contributed by atoms with Crippen molar-refractivity contribution in [1.29, 1.82) is 0 Å². The van der Waals surface area contributed by atoms with E-state index in [9.17, 15) is 4.79 Å². The summed E-state index contributed by atoms with van der Waals surface area (Å²) in [5.41, 5.74) is 9.05. The van der Waals surface area contributed by atoms with Gasteiger partial charge in [-0.2, -0.15) is 0 Å². The van der Waals surface area contributed by atoms with Crippen molar-refractivity contribution >= 4 is 11.6 Å². The lowest BCUT2D eigenvalue weighted by atomic mass is 10.3. The summed E-state index contributed by atoms with van der Waals surface area (Å²) in [6, 6.07) is 3.35. The van der Waals surface area contributed by atoms with Gasteiger partial charge in [-0.25, -0.2) is 9.99 Å². The summed E-state index contributed by atoms with van der Waals surface area (Å²) < 4.78 is 5.18.